The molecule has 0 unspecified atom stereocenters. The number of aliphatic carboxylic acids is 3. The molecule has 8 nitrogen and oxygen atoms in total. The van der Waals surface area contributed by atoms with Gasteiger partial charge in [-0.25, -0.2) is 9.59 Å². The van der Waals surface area contributed by atoms with Crippen molar-refractivity contribution in [2.45, 2.75) is 25.3 Å². The highest BCUT2D eigenvalue weighted by molar-refractivity contribution is 5.89. The van der Waals surface area contributed by atoms with E-state index in [0.29, 0.717) is 25.1 Å². The topological polar surface area (TPSA) is 164 Å². The van der Waals surface area contributed by atoms with Crippen molar-refractivity contribution >= 4 is 17.9 Å². The highest BCUT2D eigenvalue weighted by Gasteiger charge is 2.09. The fourth-order valence-electron chi connectivity index (χ4n) is 0.775. The Morgan fingerprint density at radius 2 is 1.44 bits per heavy atom. The lowest BCUT2D eigenvalue weighted by Gasteiger charge is -2.03. The zero-order valence-corrected chi connectivity index (χ0v) is 9.78. The summed E-state index contributed by atoms with van der Waals surface area (Å²) in [6.45, 7) is 0.604. The Hall–Kier alpha value is -1.93. The van der Waals surface area contributed by atoms with Gasteiger partial charge in [0.1, 0.15) is 6.04 Å². The molecule has 0 aliphatic carbocycles. The summed E-state index contributed by atoms with van der Waals surface area (Å²) in [5.41, 5.74) is 10.4. The van der Waals surface area contributed by atoms with E-state index in [1.165, 1.54) is 0 Å². The summed E-state index contributed by atoms with van der Waals surface area (Å²) < 4.78 is 0. The summed E-state index contributed by atoms with van der Waals surface area (Å²) >= 11 is 0. The second kappa shape index (κ2) is 11.6. The van der Waals surface area contributed by atoms with Crippen molar-refractivity contribution in [1.82, 2.24) is 0 Å². The largest absolute Gasteiger partial charge is 0.480 e. The van der Waals surface area contributed by atoms with Crippen LogP contribution in [-0.4, -0.2) is 45.8 Å². The molecule has 0 fully saturated rings. The van der Waals surface area contributed by atoms with Crippen molar-refractivity contribution in [3.8, 4) is 0 Å². The molecule has 0 radical (unpaired) electrons. The number of carbonyl (C=O) groups is 3. The van der Waals surface area contributed by atoms with Crippen LogP contribution < -0.4 is 11.5 Å². The molecule has 1 atom stereocenters. The highest BCUT2D eigenvalue weighted by atomic mass is 16.4. The van der Waals surface area contributed by atoms with Gasteiger partial charge in [-0.15, -0.1) is 0 Å². The van der Waals surface area contributed by atoms with Gasteiger partial charge in [0, 0.05) is 12.2 Å². The number of nitrogens with two attached hydrogens (primary N) is 2. The molecule has 0 aromatic rings. The molecule has 0 saturated heterocycles. The SMILES string of the molecule is NCCCC[C@H](N)C(=O)O.O=C(O)/C=C\C(=O)O. The molecule has 104 valence electrons. The Morgan fingerprint density at radius 3 is 1.72 bits per heavy atom. The molecular formula is C10H18N2O6. The van der Waals surface area contributed by atoms with Crippen LogP contribution in [0.2, 0.25) is 0 Å². The lowest BCUT2D eigenvalue weighted by molar-refractivity contribution is -0.138. The van der Waals surface area contributed by atoms with E-state index in [-0.39, 0.29) is 0 Å². The first-order chi connectivity index (χ1) is 8.31. The zero-order valence-electron chi connectivity index (χ0n) is 9.78. The van der Waals surface area contributed by atoms with Crippen molar-refractivity contribution < 1.29 is 29.7 Å². The lowest BCUT2D eigenvalue weighted by atomic mass is 10.1. The fraction of sp³-hybridized carbons (Fsp3) is 0.500. The first-order valence-electron chi connectivity index (χ1n) is 5.13. The van der Waals surface area contributed by atoms with Crippen molar-refractivity contribution in [3.63, 3.8) is 0 Å². The molecule has 0 rings (SSSR count). The average Bonchev–Trinajstić information content (AvgIpc) is 2.27. The Morgan fingerprint density at radius 1 is 1.00 bits per heavy atom. The summed E-state index contributed by atoms with van der Waals surface area (Å²) in [6, 6.07) is -0.716. The van der Waals surface area contributed by atoms with Gasteiger partial charge in [0.2, 0.25) is 0 Å². The Balaban J connectivity index is 0. The van der Waals surface area contributed by atoms with Crippen molar-refractivity contribution in [2.24, 2.45) is 11.5 Å². The molecule has 0 aromatic carbocycles. The summed E-state index contributed by atoms with van der Waals surface area (Å²) in [7, 11) is 0. The van der Waals surface area contributed by atoms with Crippen LogP contribution in [0.1, 0.15) is 19.3 Å². The Kier molecular flexibility index (Phi) is 11.8. The van der Waals surface area contributed by atoms with Crippen LogP contribution >= 0.6 is 0 Å². The number of hydrogen-bond acceptors (Lipinski definition) is 5. The average molecular weight is 262 g/mol. The van der Waals surface area contributed by atoms with Gasteiger partial charge in [-0.1, -0.05) is 6.42 Å². The van der Waals surface area contributed by atoms with E-state index in [4.69, 9.17) is 26.8 Å². The third-order valence-electron chi connectivity index (χ3n) is 1.65. The van der Waals surface area contributed by atoms with Gasteiger partial charge in [-0.05, 0) is 19.4 Å². The minimum Gasteiger partial charge on any atom is -0.480 e. The van der Waals surface area contributed by atoms with E-state index in [1.807, 2.05) is 0 Å². The standard InChI is InChI=1S/C6H14N2O2.C4H4O4/c7-4-2-1-3-5(8)6(9)10;5-3(6)1-2-4(7)8/h5H,1-4,7-8H2,(H,9,10);1-2H,(H,5,6)(H,7,8)/b;2-1-/t5-;/m0./s1. The fourth-order valence-corrected chi connectivity index (χ4v) is 0.775. The summed E-state index contributed by atoms with van der Waals surface area (Å²) in [5, 5.41) is 23.9. The molecule has 0 saturated carbocycles. The van der Waals surface area contributed by atoms with E-state index in [9.17, 15) is 14.4 Å². The quantitative estimate of drug-likeness (QED) is 0.295. The van der Waals surface area contributed by atoms with Gasteiger partial charge in [-0.2, -0.15) is 0 Å². The van der Waals surface area contributed by atoms with E-state index in [0.717, 1.165) is 12.8 Å². The molecular weight excluding hydrogens is 244 g/mol. The maximum Gasteiger partial charge on any atom is 0.328 e. The summed E-state index contributed by atoms with van der Waals surface area (Å²) in [4.78, 5) is 29.2. The summed E-state index contributed by atoms with van der Waals surface area (Å²) in [6.07, 6.45) is 3.28. The van der Waals surface area contributed by atoms with Crippen LogP contribution in [0.3, 0.4) is 0 Å². The molecule has 0 heterocycles. The van der Waals surface area contributed by atoms with E-state index in [1.54, 1.807) is 0 Å². The number of carboxylic acids is 3. The van der Waals surface area contributed by atoms with Gasteiger partial charge in [-0.3, -0.25) is 4.79 Å². The van der Waals surface area contributed by atoms with Gasteiger partial charge >= 0.3 is 17.9 Å². The first-order valence-corrected chi connectivity index (χ1v) is 5.13. The van der Waals surface area contributed by atoms with Gasteiger partial charge < -0.3 is 26.8 Å². The van der Waals surface area contributed by atoms with Crippen LogP contribution in [0.15, 0.2) is 12.2 Å². The molecule has 18 heavy (non-hydrogen) atoms. The van der Waals surface area contributed by atoms with Crippen LogP contribution in [0.25, 0.3) is 0 Å². The van der Waals surface area contributed by atoms with Gasteiger partial charge in [0.15, 0.2) is 0 Å². The van der Waals surface area contributed by atoms with Crippen LogP contribution in [0, 0.1) is 0 Å². The Labute approximate surface area is 104 Å². The second-order valence-corrected chi connectivity index (χ2v) is 3.24. The van der Waals surface area contributed by atoms with Crippen molar-refractivity contribution in [2.75, 3.05) is 6.54 Å². The minimum atomic E-state index is -1.26. The number of carboxylic acid groups (broad SMARTS) is 3. The van der Waals surface area contributed by atoms with Crippen molar-refractivity contribution in [3.05, 3.63) is 12.2 Å². The number of unbranched alkanes of at least 4 members (excludes halogenated alkanes) is 1. The molecule has 8 heteroatoms. The second-order valence-electron chi connectivity index (χ2n) is 3.24. The van der Waals surface area contributed by atoms with E-state index < -0.39 is 23.9 Å². The maximum atomic E-state index is 10.1. The third kappa shape index (κ3) is 16.5. The van der Waals surface area contributed by atoms with Gasteiger partial charge in [0.25, 0.3) is 0 Å². The van der Waals surface area contributed by atoms with Crippen LogP contribution in [-0.2, 0) is 14.4 Å². The predicted octanol–water partition coefficient (Wildman–Crippen LogP) is -0.761. The first kappa shape index (κ1) is 18.4. The van der Waals surface area contributed by atoms with Crippen molar-refractivity contribution in [1.29, 1.82) is 0 Å². The highest BCUT2D eigenvalue weighted by Crippen LogP contribution is 1.96. The molecule has 0 amide bonds. The minimum absolute atomic E-state index is 0.520. The maximum absolute atomic E-state index is 10.1. The number of rotatable bonds is 7. The normalized spacial score (nSPS) is 11.4. The van der Waals surface area contributed by atoms with Crippen LogP contribution in [0.4, 0.5) is 0 Å². The monoisotopic (exact) mass is 262 g/mol. The van der Waals surface area contributed by atoms with E-state index in [2.05, 4.69) is 0 Å². The molecule has 0 spiro atoms. The van der Waals surface area contributed by atoms with Crippen LogP contribution in [0.5, 0.6) is 0 Å². The smallest absolute Gasteiger partial charge is 0.328 e. The third-order valence-corrected chi connectivity index (χ3v) is 1.65. The molecule has 0 aliphatic heterocycles. The van der Waals surface area contributed by atoms with E-state index >= 15 is 0 Å². The van der Waals surface area contributed by atoms with Gasteiger partial charge in [0.05, 0.1) is 0 Å². The molecule has 0 bridgehead atoms. The Bertz CT molecular complexity index is 287. The zero-order chi connectivity index (χ0) is 14.6. The number of hydrogen-bond donors (Lipinski definition) is 5. The molecule has 0 aromatic heterocycles. The lowest BCUT2D eigenvalue weighted by Crippen LogP contribution is -2.29. The summed E-state index contributed by atoms with van der Waals surface area (Å²) in [5.74, 6) is -3.45. The predicted molar refractivity (Wildman–Crippen MR) is 62.9 cm³/mol. The molecule has 0 aliphatic rings. The molecule has 7 N–H and O–H groups in total.